The molecule has 0 radical (unpaired) electrons. The van der Waals surface area contributed by atoms with Gasteiger partial charge in [-0.15, -0.1) is 23.2 Å². The molecule has 4 aliphatic carbocycles. The summed E-state index contributed by atoms with van der Waals surface area (Å²) in [7, 11) is 0. The molecule has 0 heterocycles. The van der Waals surface area contributed by atoms with Crippen molar-refractivity contribution in [2.75, 3.05) is 5.88 Å². The normalized spacial score (nSPS) is 52.1. The molecule has 0 aromatic heterocycles. The minimum Gasteiger partial charge on any atom is -0.381 e. The maximum Gasteiger partial charge on any atom is 0.179 e. The van der Waals surface area contributed by atoms with Gasteiger partial charge in [0.05, 0.1) is 11.3 Å². The monoisotopic (exact) mass is 414 g/mol. The van der Waals surface area contributed by atoms with Crippen LogP contribution in [0.5, 0.6) is 0 Å². The van der Waals surface area contributed by atoms with E-state index in [1.807, 2.05) is 6.92 Å². The first-order chi connectivity index (χ1) is 12.6. The van der Waals surface area contributed by atoms with Crippen molar-refractivity contribution in [3.8, 4) is 0 Å². The summed E-state index contributed by atoms with van der Waals surface area (Å²) in [4.78, 5) is 38.1. The second-order valence-corrected chi connectivity index (χ2v) is 10.6. The number of ketones is 3. The fourth-order valence-electron chi connectivity index (χ4n) is 7.48. The highest BCUT2D eigenvalue weighted by Crippen LogP contribution is 2.67. The molecule has 0 saturated heterocycles. The third-order valence-electron chi connectivity index (χ3n) is 8.94. The van der Waals surface area contributed by atoms with E-state index in [-0.39, 0.29) is 58.7 Å². The Labute approximate surface area is 170 Å². The minimum absolute atomic E-state index is 0.0414. The molecule has 150 valence electrons. The number of alkyl halides is 2. The third kappa shape index (κ3) is 2.42. The lowest BCUT2D eigenvalue weighted by Crippen LogP contribution is -2.63. The molecule has 0 spiro atoms. The summed E-state index contributed by atoms with van der Waals surface area (Å²) < 4.78 is 0. The molecule has 0 aromatic rings. The van der Waals surface area contributed by atoms with Gasteiger partial charge >= 0.3 is 0 Å². The highest BCUT2D eigenvalue weighted by atomic mass is 35.5. The standard InChI is InChI=1S/C21H28Cl2O4/c1-19-7-6-14(24)18(23)13(19)4-3-11-12-5-8-21(27,16(26)10-22)20(12,2)9-15(25)17(11)19/h11-13,17-18,27H,3-10H2,1-2H3/t11-,12-,13?,17+,18?,19-,20-,21-/m0/s1. The quantitative estimate of drug-likeness (QED) is 0.701. The van der Waals surface area contributed by atoms with Gasteiger partial charge in [-0.25, -0.2) is 0 Å². The number of Topliss-reactive ketones (excluding diaryl/α,β-unsaturated/α-hetero) is 3. The SMILES string of the molecule is C[C@]12CCC(=O)C(Cl)C1CC[C@@H]1[C@@H]2C(=O)C[C@@]2(C)[C@H]1CC[C@]2(O)C(=O)CCl. The van der Waals surface area contributed by atoms with E-state index in [9.17, 15) is 19.5 Å². The summed E-state index contributed by atoms with van der Waals surface area (Å²) in [6.07, 6.45) is 4.15. The summed E-state index contributed by atoms with van der Waals surface area (Å²) in [6, 6.07) is 0. The molecule has 27 heavy (non-hydrogen) atoms. The Morgan fingerprint density at radius 1 is 1.11 bits per heavy atom. The van der Waals surface area contributed by atoms with Gasteiger partial charge in [0.2, 0.25) is 0 Å². The summed E-state index contributed by atoms with van der Waals surface area (Å²) in [6.45, 7) is 4.05. The van der Waals surface area contributed by atoms with Gasteiger partial charge in [-0.3, -0.25) is 14.4 Å². The van der Waals surface area contributed by atoms with Crippen LogP contribution in [0.15, 0.2) is 0 Å². The molecule has 0 amide bonds. The number of aliphatic hydroxyl groups is 1. The third-order valence-corrected chi connectivity index (χ3v) is 9.73. The average Bonchev–Trinajstić information content (AvgIpc) is 2.89. The van der Waals surface area contributed by atoms with Crippen LogP contribution in [-0.2, 0) is 14.4 Å². The van der Waals surface area contributed by atoms with Crippen molar-refractivity contribution < 1.29 is 19.5 Å². The largest absolute Gasteiger partial charge is 0.381 e. The summed E-state index contributed by atoms with van der Waals surface area (Å²) >= 11 is 12.3. The number of hydrogen-bond acceptors (Lipinski definition) is 4. The lowest BCUT2D eigenvalue weighted by molar-refractivity contribution is -0.176. The fourth-order valence-corrected chi connectivity index (χ4v) is 8.23. The number of carbonyl (C=O) groups excluding carboxylic acids is 3. The van der Waals surface area contributed by atoms with E-state index in [2.05, 4.69) is 6.92 Å². The lowest BCUT2D eigenvalue weighted by Gasteiger charge is -2.60. The highest BCUT2D eigenvalue weighted by molar-refractivity contribution is 6.31. The number of hydrogen-bond donors (Lipinski definition) is 1. The molecule has 4 aliphatic rings. The lowest BCUT2D eigenvalue weighted by atomic mass is 9.44. The molecule has 4 nitrogen and oxygen atoms in total. The second-order valence-electron chi connectivity index (χ2n) is 9.82. The van der Waals surface area contributed by atoms with E-state index in [1.54, 1.807) is 0 Å². The topological polar surface area (TPSA) is 71.4 Å². The first kappa shape index (κ1) is 19.8. The van der Waals surface area contributed by atoms with E-state index in [0.717, 1.165) is 19.3 Å². The van der Waals surface area contributed by atoms with Gasteiger partial charge in [0, 0.05) is 24.2 Å². The summed E-state index contributed by atoms with van der Waals surface area (Å²) in [5, 5.41) is 10.7. The Hall–Kier alpha value is -0.450. The van der Waals surface area contributed by atoms with Gasteiger partial charge in [0.1, 0.15) is 11.4 Å². The Morgan fingerprint density at radius 3 is 2.48 bits per heavy atom. The molecule has 4 rings (SSSR count). The maximum atomic E-state index is 13.4. The van der Waals surface area contributed by atoms with E-state index >= 15 is 0 Å². The van der Waals surface area contributed by atoms with Crippen molar-refractivity contribution >= 4 is 40.6 Å². The zero-order valence-electron chi connectivity index (χ0n) is 16.0. The van der Waals surface area contributed by atoms with Crippen LogP contribution in [0.2, 0.25) is 0 Å². The average molecular weight is 415 g/mol. The molecule has 0 aromatic carbocycles. The van der Waals surface area contributed by atoms with Crippen LogP contribution in [0.4, 0.5) is 0 Å². The Bertz CT molecular complexity index is 708. The molecule has 6 heteroatoms. The van der Waals surface area contributed by atoms with Crippen molar-refractivity contribution in [2.45, 2.75) is 69.8 Å². The highest BCUT2D eigenvalue weighted by Gasteiger charge is 2.69. The number of carbonyl (C=O) groups is 3. The zero-order valence-corrected chi connectivity index (χ0v) is 17.5. The van der Waals surface area contributed by atoms with Crippen molar-refractivity contribution in [1.29, 1.82) is 0 Å². The van der Waals surface area contributed by atoms with Gasteiger partial charge in [-0.1, -0.05) is 13.8 Å². The van der Waals surface area contributed by atoms with E-state index in [1.165, 1.54) is 0 Å². The predicted molar refractivity (Wildman–Crippen MR) is 103 cm³/mol. The van der Waals surface area contributed by atoms with Crippen molar-refractivity contribution in [1.82, 2.24) is 0 Å². The van der Waals surface area contributed by atoms with Crippen molar-refractivity contribution in [2.24, 2.45) is 34.5 Å². The van der Waals surface area contributed by atoms with Crippen LogP contribution in [-0.4, -0.2) is 39.3 Å². The Balaban J connectivity index is 1.72. The van der Waals surface area contributed by atoms with Gasteiger partial charge in [0.25, 0.3) is 0 Å². The van der Waals surface area contributed by atoms with Crippen LogP contribution in [0.3, 0.4) is 0 Å². The van der Waals surface area contributed by atoms with Crippen LogP contribution in [0, 0.1) is 34.5 Å². The zero-order chi connectivity index (χ0) is 19.8. The van der Waals surface area contributed by atoms with Crippen LogP contribution >= 0.6 is 23.2 Å². The number of halogens is 2. The smallest absolute Gasteiger partial charge is 0.179 e. The molecule has 0 bridgehead atoms. The summed E-state index contributed by atoms with van der Waals surface area (Å²) in [5.41, 5.74) is -2.51. The van der Waals surface area contributed by atoms with E-state index < -0.39 is 16.4 Å². The first-order valence-corrected chi connectivity index (χ1v) is 11.1. The number of fused-ring (bicyclic) bond motifs is 5. The van der Waals surface area contributed by atoms with Gasteiger partial charge in [0.15, 0.2) is 11.6 Å². The molecule has 4 saturated carbocycles. The van der Waals surface area contributed by atoms with Crippen molar-refractivity contribution in [3.05, 3.63) is 0 Å². The van der Waals surface area contributed by atoms with E-state index in [4.69, 9.17) is 23.2 Å². The molecule has 8 atom stereocenters. The number of rotatable bonds is 2. The fraction of sp³-hybridized carbons (Fsp3) is 0.857. The van der Waals surface area contributed by atoms with Crippen LogP contribution in [0.25, 0.3) is 0 Å². The Kier molecular flexibility index (Phi) is 4.61. The Morgan fingerprint density at radius 2 is 1.81 bits per heavy atom. The molecule has 1 N–H and O–H groups in total. The van der Waals surface area contributed by atoms with Crippen LogP contribution in [0.1, 0.15) is 58.8 Å². The predicted octanol–water partition coefficient (Wildman–Crippen LogP) is 3.53. The van der Waals surface area contributed by atoms with Gasteiger partial charge in [-0.05, 0) is 55.3 Å². The second kappa shape index (κ2) is 6.27. The minimum atomic E-state index is -1.50. The molecule has 0 aliphatic heterocycles. The van der Waals surface area contributed by atoms with Crippen molar-refractivity contribution in [3.63, 3.8) is 0 Å². The van der Waals surface area contributed by atoms with Crippen LogP contribution < -0.4 is 0 Å². The summed E-state index contributed by atoms with van der Waals surface area (Å²) in [5.74, 6) is -0.160. The molecular weight excluding hydrogens is 387 g/mol. The first-order valence-electron chi connectivity index (χ1n) is 10.1. The van der Waals surface area contributed by atoms with Gasteiger partial charge < -0.3 is 5.11 Å². The van der Waals surface area contributed by atoms with E-state index in [0.29, 0.717) is 19.3 Å². The molecular formula is C21H28Cl2O4. The molecule has 2 unspecified atom stereocenters. The van der Waals surface area contributed by atoms with Gasteiger partial charge in [-0.2, -0.15) is 0 Å². The molecule has 4 fully saturated rings. The maximum absolute atomic E-state index is 13.4.